The maximum Gasteiger partial charge on any atom is 0.433 e. The maximum atomic E-state index is 13.3. The van der Waals surface area contributed by atoms with Crippen LogP contribution < -0.4 is 0 Å². The summed E-state index contributed by atoms with van der Waals surface area (Å²) in [6.07, 6.45) is -4.65. The lowest BCUT2D eigenvalue weighted by Gasteiger charge is -2.09. The van der Waals surface area contributed by atoms with Crippen molar-refractivity contribution in [1.82, 2.24) is 20.1 Å². The first kappa shape index (κ1) is 17.6. The molecule has 0 radical (unpaired) electrons. The van der Waals surface area contributed by atoms with E-state index in [1.807, 2.05) is 5.38 Å². The highest BCUT2D eigenvalue weighted by atomic mass is 35.5. The van der Waals surface area contributed by atoms with Crippen molar-refractivity contribution in [2.24, 2.45) is 0 Å². The first-order chi connectivity index (χ1) is 12.9. The zero-order valence-electron chi connectivity index (χ0n) is 13.2. The van der Waals surface area contributed by atoms with Crippen molar-refractivity contribution in [1.29, 1.82) is 0 Å². The summed E-state index contributed by atoms with van der Waals surface area (Å²) in [6, 6.07) is 10.7. The van der Waals surface area contributed by atoms with E-state index in [2.05, 4.69) is 20.1 Å². The van der Waals surface area contributed by atoms with Gasteiger partial charge in [0.25, 0.3) is 5.89 Å². The van der Waals surface area contributed by atoms with Crippen molar-refractivity contribution in [3.05, 3.63) is 58.6 Å². The van der Waals surface area contributed by atoms with Crippen LogP contribution in [0.2, 0.25) is 5.02 Å². The molecule has 27 heavy (non-hydrogen) atoms. The summed E-state index contributed by atoms with van der Waals surface area (Å²) < 4.78 is 45.0. The number of hydrogen-bond acceptors (Lipinski definition) is 6. The minimum Gasteiger partial charge on any atom is -0.333 e. The number of benzene rings is 1. The molecule has 136 valence electrons. The van der Waals surface area contributed by atoms with E-state index in [0.717, 1.165) is 6.07 Å². The van der Waals surface area contributed by atoms with Gasteiger partial charge >= 0.3 is 6.18 Å². The lowest BCUT2D eigenvalue weighted by Crippen LogP contribution is -2.10. The molecule has 0 aliphatic heterocycles. The van der Waals surface area contributed by atoms with Crippen LogP contribution in [0.3, 0.4) is 0 Å². The van der Waals surface area contributed by atoms with Gasteiger partial charge in [-0.3, -0.25) is 0 Å². The molecule has 0 saturated carbocycles. The third kappa shape index (κ3) is 3.69. The van der Waals surface area contributed by atoms with Gasteiger partial charge < -0.3 is 4.52 Å². The Morgan fingerprint density at radius 1 is 0.963 bits per heavy atom. The second-order valence-corrected chi connectivity index (χ2v) is 6.75. The van der Waals surface area contributed by atoms with Gasteiger partial charge in [0.05, 0.1) is 10.6 Å². The van der Waals surface area contributed by atoms with Crippen LogP contribution in [0.5, 0.6) is 0 Å². The van der Waals surface area contributed by atoms with Gasteiger partial charge in [-0.25, -0.2) is 9.97 Å². The fourth-order valence-corrected chi connectivity index (χ4v) is 3.05. The fourth-order valence-electron chi connectivity index (χ4n) is 2.28. The molecule has 0 spiro atoms. The molecule has 4 rings (SSSR count). The SMILES string of the molecule is FC(F)(F)c1cc(-c2ccc(Cl)cc2)nc(-c2noc(-c3cccs3)n2)n1. The van der Waals surface area contributed by atoms with Crippen LogP contribution in [0.25, 0.3) is 33.7 Å². The van der Waals surface area contributed by atoms with Crippen LogP contribution in [-0.4, -0.2) is 20.1 Å². The summed E-state index contributed by atoms with van der Waals surface area (Å²) in [7, 11) is 0. The molecule has 5 nitrogen and oxygen atoms in total. The monoisotopic (exact) mass is 408 g/mol. The second-order valence-electron chi connectivity index (χ2n) is 5.37. The smallest absolute Gasteiger partial charge is 0.333 e. The van der Waals surface area contributed by atoms with Crippen molar-refractivity contribution in [2.45, 2.75) is 6.18 Å². The zero-order valence-corrected chi connectivity index (χ0v) is 14.8. The molecule has 0 aliphatic rings. The van der Waals surface area contributed by atoms with E-state index in [1.165, 1.54) is 11.3 Å². The van der Waals surface area contributed by atoms with Crippen LogP contribution in [0.1, 0.15) is 5.69 Å². The molecule has 4 aromatic rings. The highest BCUT2D eigenvalue weighted by molar-refractivity contribution is 7.13. The third-order valence-corrected chi connectivity index (χ3v) is 4.62. The zero-order chi connectivity index (χ0) is 19.0. The van der Waals surface area contributed by atoms with Crippen LogP contribution in [0.4, 0.5) is 13.2 Å². The lowest BCUT2D eigenvalue weighted by molar-refractivity contribution is -0.141. The third-order valence-electron chi connectivity index (χ3n) is 3.51. The summed E-state index contributed by atoms with van der Waals surface area (Å²) in [5.74, 6) is -0.213. The van der Waals surface area contributed by atoms with Crippen LogP contribution in [0.15, 0.2) is 52.4 Å². The van der Waals surface area contributed by atoms with Crippen LogP contribution in [0, 0.1) is 0 Å². The summed E-state index contributed by atoms with van der Waals surface area (Å²) >= 11 is 7.20. The van der Waals surface area contributed by atoms with E-state index in [0.29, 0.717) is 15.5 Å². The van der Waals surface area contributed by atoms with Crippen LogP contribution >= 0.6 is 22.9 Å². The Morgan fingerprint density at radius 2 is 1.74 bits per heavy atom. The number of nitrogens with zero attached hydrogens (tertiary/aromatic N) is 4. The van der Waals surface area contributed by atoms with Gasteiger partial charge in [0.15, 0.2) is 0 Å². The number of hydrogen-bond donors (Lipinski definition) is 0. The fraction of sp³-hybridized carbons (Fsp3) is 0.0588. The standard InChI is InChI=1S/C17H8ClF3N4OS/c18-10-5-3-9(4-6-10)11-8-13(17(19,20)21)23-14(22-11)15-24-16(26-25-15)12-2-1-7-27-12/h1-8H. The topological polar surface area (TPSA) is 64.7 Å². The van der Waals surface area contributed by atoms with Gasteiger partial charge in [-0.05, 0) is 29.6 Å². The molecule has 3 heterocycles. The molecule has 0 amide bonds. The molecule has 0 unspecified atom stereocenters. The minimum absolute atomic E-state index is 0.0754. The Bertz CT molecular complexity index is 1080. The Balaban J connectivity index is 1.82. The molecule has 1 aromatic carbocycles. The average molecular weight is 409 g/mol. The first-order valence-corrected chi connectivity index (χ1v) is 8.76. The van der Waals surface area contributed by atoms with Gasteiger partial charge in [-0.1, -0.05) is 35.0 Å². The van der Waals surface area contributed by atoms with Gasteiger partial charge in [-0.2, -0.15) is 18.2 Å². The molecular weight excluding hydrogens is 401 g/mol. The van der Waals surface area contributed by atoms with E-state index in [9.17, 15) is 13.2 Å². The summed E-state index contributed by atoms with van der Waals surface area (Å²) in [6.45, 7) is 0. The number of alkyl halides is 3. The van der Waals surface area contributed by atoms with E-state index in [4.69, 9.17) is 16.1 Å². The number of halogens is 4. The molecule has 0 fully saturated rings. The molecule has 0 saturated heterocycles. The molecule has 3 aromatic heterocycles. The van der Waals surface area contributed by atoms with Gasteiger partial charge in [0, 0.05) is 10.6 Å². The van der Waals surface area contributed by atoms with Crippen LogP contribution in [-0.2, 0) is 6.18 Å². The van der Waals surface area contributed by atoms with Crippen molar-refractivity contribution in [2.75, 3.05) is 0 Å². The molecule has 0 N–H and O–H groups in total. The van der Waals surface area contributed by atoms with Gasteiger partial charge in [0.1, 0.15) is 5.69 Å². The molecule has 0 atom stereocenters. The number of rotatable bonds is 3. The Hall–Kier alpha value is -2.78. The Kier molecular flexibility index (Phi) is 4.40. The summed E-state index contributed by atoms with van der Waals surface area (Å²) in [5, 5.41) is 6.00. The highest BCUT2D eigenvalue weighted by Crippen LogP contribution is 2.32. The van der Waals surface area contributed by atoms with E-state index < -0.39 is 11.9 Å². The van der Waals surface area contributed by atoms with Crippen molar-refractivity contribution in [3.63, 3.8) is 0 Å². The Morgan fingerprint density at radius 3 is 2.41 bits per heavy atom. The van der Waals surface area contributed by atoms with Crippen molar-refractivity contribution >= 4 is 22.9 Å². The van der Waals surface area contributed by atoms with E-state index in [1.54, 1.807) is 36.4 Å². The van der Waals surface area contributed by atoms with Gasteiger partial charge in [0.2, 0.25) is 11.6 Å². The first-order valence-electron chi connectivity index (χ1n) is 7.50. The summed E-state index contributed by atoms with van der Waals surface area (Å²) in [4.78, 5) is 12.6. The Labute approximate surface area is 159 Å². The normalized spacial score (nSPS) is 11.7. The quantitative estimate of drug-likeness (QED) is 0.442. The number of thiophene rings is 1. The van der Waals surface area contributed by atoms with E-state index in [-0.39, 0.29) is 23.2 Å². The predicted octanol–water partition coefficient (Wildman–Crippen LogP) is 5.59. The average Bonchev–Trinajstić information content (AvgIpc) is 3.33. The maximum absolute atomic E-state index is 13.3. The molecule has 0 bridgehead atoms. The second kappa shape index (κ2) is 6.75. The highest BCUT2D eigenvalue weighted by Gasteiger charge is 2.34. The van der Waals surface area contributed by atoms with E-state index >= 15 is 0 Å². The van der Waals surface area contributed by atoms with Gasteiger partial charge in [-0.15, -0.1) is 11.3 Å². The van der Waals surface area contributed by atoms with Crippen molar-refractivity contribution < 1.29 is 17.7 Å². The largest absolute Gasteiger partial charge is 0.433 e. The molecule has 10 heteroatoms. The molecule has 0 aliphatic carbocycles. The molecular formula is C17H8ClF3N4OS. The number of aromatic nitrogens is 4. The lowest BCUT2D eigenvalue weighted by atomic mass is 10.1. The van der Waals surface area contributed by atoms with Crippen molar-refractivity contribution in [3.8, 4) is 33.7 Å². The minimum atomic E-state index is -4.65. The summed E-state index contributed by atoms with van der Waals surface area (Å²) in [5.41, 5.74) is -0.568. The predicted molar refractivity (Wildman–Crippen MR) is 94.1 cm³/mol.